The van der Waals surface area contributed by atoms with Crippen molar-refractivity contribution in [2.24, 2.45) is 5.14 Å². The zero-order valence-corrected chi connectivity index (χ0v) is 11.5. The maximum Gasteiger partial charge on any atom is 1.00 e. The molecule has 0 aromatic rings. The van der Waals surface area contributed by atoms with Crippen molar-refractivity contribution >= 4 is 10.2 Å². The Hall–Kier alpha value is 2.31. The van der Waals surface area contributed by atoms with Crippen LogP contribution >= 0.6 is 0 Å². The molecule has 0 aromatic carbocycles. The van der Waals surface area contributed by atoms with Crippen molar-refractivity contribution in [2.75, 3.05) is 18.3 Å². The predicted octanol–water partition coefficient (Wildman–Crippen LogP) is -5.70. The molecule has 0 unspecified atom stereocenters. The molecular weight excluding hydrogens is 140 g/mol. The summed E-state index contributed by atoms with van der Waals surface area (Å²) in [7, 11) is -0.662. The SMILES string of the molecule is CC[S-2](C)(C)N.[Na+].[Na+]. The van der Waals surface area contributed by atoms with E-state index in [1.165, 1.54) is 0 Å². The van der Waals surface area contributed by atoms with E-state index < -0.39 is 10.2 Å². The average molecular weight is 153 g/mol. The van der Waals surface area contributed by atoms with Gasteiger partial charge in [-0.05, 0) is 0 Å². The van der Waals surface area contributed by atoms with Gasteiger partial charge in [0.2, 0.25) is 0 Å². The van der Waals surface area contributed by atoms with Crippen LogP contribution in [0.2, 0.25) is 0 Å². The fraction of sp³-hybridized carbons (Fsp3) is 1.00. The van der Waals surface area contributed by atoms with Crippen molar-refractivity contribution in [3.63, 3.8) is 0 Å². The maximum atomic E-state index is 5.62. The molecule has 0 bridgehead atoms. The molecule has 42 valence electrons. The van der Waals surface area contributed by atoms with Crippen molar-refractivity contribution in [1.82, 2.24) is 0 Å². The number of nitrogens with two attached hydrogens (primary N) is 1. The number of rotatable bonds is 1. The minimum atomic E-state index is -0.662. The van der Waals surface area contributed by atoms with Gasteiger partial charge < -0.3 is 15.4 Å². The van der Waals surface area contributed by atoms with E-state index in [1.807, 2.05) is 0 Å². The molecule has 0 saturated carbocycles. The topological polar surface area (TPSA) is 26.0 Å². The second kappa shape index (κ2) is 7.42. The molecule has 0 spiro atoms. The summed E-state index contributed by atoms with van der Waals surface area (Å²) in [4.78, 5) is 0. The summed E-state index contributed by atoms with van der Waals surface area (Å²) in [5, 5.41) is 5.62. The molecule has 0 aliphatic heterocycles. The van der Waals surface area contributed by atoms with Gasteiger partial charge in [0.15, 0.2) is 0 Å². The fourth-order valence-corrected chi connectivity index (χ4v) is 0. The molecule has 0 atom stereocenters. The first-order valence-corrected chi connectivity index (χ1v) is 4.73. The van der Waals surface area contributed by atoms with Crippen LogP contribution in [0.3, 0.4) is 0 Å². The molecule has 4 heteroatoms. The van der Waals surface area contributed by atoms with Gasteiger partial charge in [0.1, 0.15) is 0 Å². The average Bonchev–Trinajstić information content (AvgIpc) is 1.35. The van der Waals surface area contributed by atoms with E-state index in [4.69, 9.17) is 5.14 Å². The van der Waals surface area contributed by atoms with Crippen LogP contribution in [0.1, 0.15) is 6.92 Å². The molecule has 0 aliphatic rings. The van der Waals surface area contributed by atoms with Crippen LogP contribution in [0.25, 0.3) is 0 Å². The van der Waals surface area contributed by atoms with Crippen molar-refractivity contribution in [2.45, 2.75) is 6.92 Å². The summed E-state index contributed by atoms with van der Waals surface area (Å²) in [5.41, 5.74) is 0. The van der Waals surface area contributed by atoms with Crippen molar-refractivity contribution in [3.05, 3.63) is 0 Å². The van der Waals surface area contributed by atoms with Gasteiger partial charge in [-0.25, -0.2) is 18.3 Å². The van der Waals surface area contributed by atoms with Gasteiger partial charge in [0.05, 0.1) is 0 Å². The van der Waals surface area contributed by atoms with Crippen LogP contribution in [0.4, 0.5) is 0 Å². The molecule has 2 N–H and O–H groups in total. The predicted molar refractivity (Wildman–Crippen MR) is 33.9 cm³/mol. The van der Waals surface area contributed by atoms with E-state index in [2.05, 4.69) is 19.4 Å². The molecule has 0 rings (SSSR count). The number of hydrogen-bond acceptors (Lipinski definition) is 1. The molecule has 8 heavy (non-hydrogen) atoms. The Balaban J connectivity index is -0.000000125. The molecule has 0 aromatic heterocycles. The van der Waals surface area contributed by atoms with Gasteiger partial charge in [-0.3, -0.25) is 0 Å². The van der Waals surface area contributed by atoms with E-state index in [9.17, 15) is 0 Å². The summed E-state index contributed by atoms with van der Waals surface area (Å²) in [6.45, 7) is 2.12. The Kier molecular flexibility index (Phi) is 15.5. The third-order valence-corrected chi connectivity index (χ3v) is 2.23. The molecule has 0 fully saturated rings. The van der Waals surface area contributed by atoms with Crippen LogP contribution in [0, 0.1) is 0 Å². The Morgan fingerprint density at radius 2 is 1.38 bits per heavy atom. The first-order valence-electron chi connectivity index (χ1n) is 2.05. The Morgan fingerprint density at radius 3 is 1.38 bits per heavy atom. The third-order valence-electron chi connectivity index (χ3n) is 0.744. The van der Waals surface area contributed by atoms with Crippen molar-refractivity contribution in [3.8, 4) is 0 Å². The molecule has 1 nitrogen and oxygen atoms in total. The summed E-state index contributed by atoms with van der Waals surface area (Å²) >= 11 is 0. The van der Waals surface area contributed by atoms with Gasteiger partial charge >= 0.3 is 59.1 Å². The zero-order chi connectivity index (χ0) is 5.21. The van der Waals surface area contributed by atoms with Gasteiger partial charge in [-0.15, -0.1) is 6.92 Å². The third kappa shape index (κ3) is 15.7. The summed E-state index contributed by atoms with van der Waals surface area (Å²) in [6.07, 6.45) is 4.21. The standard InChI is InChI=1S/C4H13NS.2Na/c1-4-6(2,3)5;;/h4-5H2,1-3H3;;/q-2;2*+1. The van der Waals surface area contributed by atoms with Crippen molar-refractivity contribution in [1.29, 1.82) is 0 Å². The van der Waals surface area contributed by atoms with E-state index >= 15 is 0 Å². The molecular formula is C4H13NNa2S. The Morgan fingerprint density at radius 1 is 1.25 bits per heavy atom. The zero-order valence-electron chi connectivity index (χ0n) is 6.69. The largest absolute Gasteiger partial charge is 1.00 e. The second-order valence-electron chi connectivity index (χ2n) is 1.91. The minimum Gasteiger partial charge on any atom is -0.690 e. The smallest absolute Gasteiger partial charge is 0.690 e. The Labute approximate surface area is 98.2 Å². The fourth-order valence-electron chi connectivity index (χ4n) is 0. The summed E-state index contributed by atoms with van der Waals surface area (Å²) in [6, 6.07) is 0. The van der Waals surface area contributed by atoms with Gasteiger partial charge in [-0.1, -0.05) is 0 Å². The van der Waals surface area contributed by atoms with Gasteiger partial charge in [-0.2, -0.15) is 0 Å². The molecule has 0 radical (unpaired) electrons. The van der Waals surface area contributed by atoms with Crippen LogP contribution < -0.4 is 64.3 Å². The van der Waals surface area contributed by atoms with E-state index in [-0.39, 0.29) is 59.1 Å². The van der Waals surface area contributed by atoms with Gasteiger partial charge in [0.25, 0.3) is 0 Å². The first kappa shape index (κ1) is 16.7. The second-order valence-corrected chi connectivity index (χ2v) is 5.74. The van der Waals surface area contributed by atoms with Crippen LogP contribution in [0.5, 0.6) is 0 Å². The quantitative estimate of drug-likeness (QED) is 0.373. The summed E-state index contributed by atoms with van der Waals surface area (Å²) in [5.74, 6) is 1.13. The maximum absolute atomic E-state index is 5.62. The number of hydrogen-bond donors (Lipinski definition) is 1. The van der Waals surface area contributed by atoms with Crippen LogP contribution in [0.15, 0.2) is 0 Å². The molecule has 0 saturated heterocycles. The summed E-state index contributed by atoms with van der Waals surface area (Å²) < 4.78 is 0. The van der Waals surface area contributed by atoms with Crippen LogP contribution in [-0.4, -0.2) is 18.3 Å². The molecule has 0 amide bonds. The van der Waals surface area contributed by atoms with E-state index in [0.29, 0.717) is 0 Å². The Bertz CT molecular complexity index is 43.8. The van der Waals surface area contributed by atoms with E-state index in [1.54, 1.807) is 0 Å². The minimum absolute atomic E-state index is 0. The van der Waals surface area contributed by atoms with Gasteiger partial charge in [0, 0.05) is 0 Å². The van der Waals surface area contributed by atoms with Crippen molar-refractivity contribution < 1.29 is 59.1 Å². The van der Waals surface area contributed by atoms with Crippen LogP contribution in [-0.2, 0) is 10.2 Å². The monoisotopic (exact) mass is 153 g/mol. The van der Waals surface area contributed by atoms with E-state index in [0.717, 1.165) is 5.75 Å². The normalized spacial score (nSPS) is 11.0. The molecule has 0 heterocycles. The molecule has 0 aliphatic carbocycles. The first-order chi connectivity index (χ1) is 2.56.